The number of benzene rings is 2. The monoisotopic (exact) mass is 670 g/mol. The maximum atomic E-state index is 13.9. The van der Waals surface area contributed by atoms with Gasteiger partial charge < -0.3 is 49.2 Å². The third-order valence-corrected chi connectivity index (χ3v) is 9.30. The van der Waals surface area contributed by atoms with E-state index in [-0.39, 0.29) is 41.0 Å². The van der Waals surface area contributed by atoms with Crippen molar-refractivity contribution in [2.24, 2.45) is 0 Å². The number of aromatic hydroxyl groups is 2. The lowest BCUT2D eigenvalue weighted by molar-refractivity contribution is -0.250. The SMILES string of the molecule is COCC(OC)C(C#N)NC1CC(O[C@H]2C[C@](O)(C(=O)CO)Cc3c(O)c4c(c(O)c32)C(=O)c2c(OC)cccc2C4=O)OC(C)C1O. The molecule has 15 heteroatoms. The first-order chi connectivity index (χ1) is 22.8. The minimum absolute atomic E-state index is 0.0717. The number of ether oxygens (including phenoxy) is 5. The zero-order chi connectivity index (χ0) is 35.1. The summed E-state index contributed by atoms with van der Waals surface area (Å²) in [6.07, 6.45) is -6.53. The zero-order valence-corrected chi connectivity index (χ0v) is 26.8. The Bertz CT molecular complexity index is 1650. The predicted octanol–water partition coefficient (Wildman–Crippen LogP) is 0.186. The topological polar surface area (TPSA) is 234 Å². The van der Waals surface area contributed by atoms with Gasteiger partial charge in [-0.1, -0.05) is 12.1 Å². The van der Waals surface area contributed by atoms with Crippen molar-refractivity contribution in [1.29, 1.82) is 5.26 Å². The van der Waals surface area contributed by atoms with E-state index in [1.165, 1.54) is 39.5 Å². The fraction of sp³-hybridized carbons (Fsp3) is 0.515. The number of rotatable bonds is 11. The molecule has 1 aliphatic heterocycles. The fourth-order valence-electron chi connectivity index (χ4n) is 6.80. The van der Waals surface area contributed by atoms with Crippen LogP contribution in [0, 0.1) is 11.3 Å². The third-order valence-electron chi connectivity index (χ3n) is 9.30. The second kappa shape index (κ2) is 13.9. The lowest BCUT2D eigenvalue weighted by Gasteiger charge is -2.43. The van der Waals surface area contributed by atoms with Crippen LogP contribution >= 0.6 is 0 Å². The van der Waals surface area contributed by atoms with E-state index >= 15 is 0 Å². The number of carbonyl (C=O) groups excluding carboxylic acids is 3. The van der Waals surface area contributed by atoms with Crippen LogP contribution in [-0.2, 0) is 30.2 Å². The van der Waals surface area contributed by atoms with E-state index in [9.17, 15) is 45.2 Å². The van der Waals surface area contributed by atoms with Gasteiger partial charge in [0.05, 0.1) is 54.8 Å². The molecule has 0 radical (unpaired) electrons. The third kappa shape index (κ3) is 5.95. The molecule has 3 aliphatic rings. The van der Waals surface area contributed by atoms with Gasteiger partial charge in [-0.3, -0.25) is 19.7 Å². The number of nitrogens with zero attached hydrogens (tertiary/aromatic N) is 1. The number of phenols is 2. The van der Waals surface area contributed by atoms with Gasteiger partial charge in [-0.2, -0.15) is 5.26 Å². The molecular weight excluding hydrogens is 632 g/mol. The molecule has 15 nitrogen and oxygen atoms in total. The van der Waals surface area contributed by atoms with Crippen molar-refractivity contribution in [2.45, 2.75) is 74.6 Å². The summed E-state index contributed by atoms with van der Waals surface area (Å²) in [5.74, 6) is -3.99. The summed E-state index contributed by atoms with van der Waals surface area (Å²) >= 11 is 0. The average molecular weight is 671 g/mol. The molecule has 1 fully saturated rings. The molecule has 8 atom stereocenters. The minimum atomic E-state index is -2.32. The van der Waals surface area contributed by atoms with E-state index in [1.54, 1.807) is 6.92 Å². The molecule has 258 valence electrons. The largest absolute Gasteiger partial charge is 0.507 e. The number of hydrogen-bond donors (Lipinski definition) is 6. The van der Waals surface area contributed by atoms with Gasteiger partial charge in [0, 0.05) is 56.2 Å². The molecular formula is C33H38N2O13. The first-order valence-corrected chi connectivity index (χ1v) is 15.3. The number of fused-ring (bicyclic) bond motifs is 3. The van der Waals surface area contributed by atoms with Crippen molar-refractivity contribution in [2.75, 3.05) is 34.5 Å². The lowest BCUT2D eigenvalue weighted by atomic mass is 9.72. The molecule has 48 heavy (non-hydrogen) atoms. The molecule has 0 spiro atoms. The number of phenolic OH excluding ortho intramolecular Hbond substituents is 2. The number of aliphatic hydroxyl groups excluding tert-OH is 2. The maximum absolute atomic E-state index is 13.9. The number of aliphatic hydroxyl groups is 3. The maximum Gasteiger partial charge on any atom is 0.202 e. The number of hydrogen-bond acceptors (Lipinski definition) is 15. The molecule has 5 rings (SSSR count). The molecule has 1 saturated heterocycles. The summed E-state index contributed by atoms with van der Waals surface area (Å²) in [5.41, 5.74) is -3.93. The van der Waals surface area contributed by atoms with Gasteiger partial charge in [-0.05, 0) is 13.0 Å². The van der Waals surface area contributed by atoms with Crippen molar-refractivity contribution in [3.63, 3.8) is 0 Å². The van der Waals surface area contributed by atoms with Crippen LogP contribution < -0.4 is 10.1 Å². The summed E-state index contributed by atoms with van der Waals surface area (Å²) in [5, 5.41) is 68.2. The fourth-order valence-corrected chi connectivity index (χ4v) is 6.80. The van der Waals surface area contributed by atoms with E-state index in [2.05, 4.69) is 11.4 Å². The van der Waals surface area contributed by atoms with Crippen LogP contribution in [0.2, 0.25) is 0 Å². The molecule has 2 aromatic rings. The summed E-state index contributed by atoms with van der Waals surface area (Å²) in [6, 6.07) is 4.71. The van der Waals surface area contributed by atoms with Gasteiger partial charge >= 0.3 is 0 Å². The summed E-state index contributed by atoms with van der Waals surface area (Å²) in [4.78, 5) is 40.4. The van der Waals surface area contributed by atoms with Crippen molar-refractivity contribution in [3.8, 4) is 23.3 Å². The van der Waals surface area contributed by atoms with Crippen LogP contribution in [0.1, 0.15) is 68.8 Å². The van der Waals surface area contributed by atoms with E-state index in [0.717, 1.165) is 0 Å². The second-order valence-corrected chi connectivity index (χ2v) is 12.1. The molecule has 2 aromatic carbocycles. The average Bonchev–Trinajstić information content (AvgIpc) is 3.07. The van der Waals surface area contributed by atoms with Gasteiger partial charge in [-0.15, -0.1) is 0 Å². The van der Waals surface area contributed by atoms with Crippen molar-refractivity contribution < 1.29 is 63.6 Å². The standard InChI is InChI=1S/C33H38N2O13/c1-14-28(38)17(35-18(11-34)21(46-4)13-44-2)8-23(47-14)48-20-10-33(43,22(37)12-36)9-16-25(20)32(42)27-26(30(16)40)29(39)15-6-5-7-19(45-3)24(15)31(27)41/h5-7,14,17-18,20-21,23,28,35-36,38,40,42-43H,8-10,12-13H2,1-4H3/t14?,17?,18?,20-,21?,23?,28?,33-/m0/s1. The Kier molecular flexibility index (Phi) is 10.2. The predicted molar refractivity (Wildman–Crippen MR) is 163 cm³/mol. The molecule has 6 unspecified atom stereocenters. The minimum Gasteiger partial charge on any atom is -0.507 e. The number of nitrogens with one attached hydrogen (secondary N) is 1. The van der Waals surface area contributed by atoms with E-state index in [0.29, 0.717) is 0 Å². The zero-order valence-electron chi connectivity index (χ0n) is 26.8. The van der Waals surface area contributed by atoms with Crippen LogP contribution in [0.3, 0.4) is 0 Å². The van der Waals surface area contributed by atoms with Crippen LogP contribution in [0.5, 0.6) is 17.2 Å². The number of methoxy groups -OCH3 is 3. The molecule has 2 aliphatic carbocycles. The molecule has 6 N–H and O–H groups in total. The smallest absolute Gasteiger partial charge is 0.202 e. The molecule has 0 amide bonds. The van der Waals surface area contributed by atoms with Crippen molar-refractivity contribution in [3.05, 3.63) is 51.6 Å². The van der Waals surface area contributed by atoms with Crippen LogP contribution in [0.4, 0.5) is 0 Å². The Morgan fingerprint density at radius 2 is 1.85 bits per heavy atom. The summed E-state index contributed by atoms with van der Waals surface area (Å²) < 4.78 is 28.0. The first kappa shape index (κ1) is 35.3. The molecule has 0 bridgehead atoms. The highest BCUT2D eigenvalue weighted by Crippen LogP contribution is 2.52. The van der Waals surface area contributed by atoms with Crippen LogP contribution in [-0.4, -0.2) is 120 Å². The Balaban J connectivity index is 1.57. The van der Waals surface area contributed by atoms with Gasteiger partial charge in [0.2, 0.25) is 5.78 Å². The van der Waals surface area contributed by atoms with E-state index < -0.39 is 108 Å². The number of ketones is 3. The van der Waals surface area contributed by atoms with E-state index in [1.807, 2.05) is 0 Å². The van der Waals surface area contributed by atoms with Gasteiger partial charge in [-0.25, -0.2) is 0 Å². The Morgan fingerprint density at radius 3 is 2.48 bits per heavy atom. The molecule has 0 saturated carbocycles. The van der Waals surface area contributed by atoms with Gasteiger partial charge in [0.15, 0.2) is 17.9 Å². The first-order valence-electron chi connectivity index (χ1n) is 15.3. The normalized spacial score (nSPS) is 27.7. The number of Topliss-reactive ketones (excluding diaryl/α,β-unsaturated/α-hetero) is 1. The molecule has 1 heterocycles. The number of carbonyl (C=O) groups is 3. The van der Waals surface area contributed by atoms with Crippen LogP contribution in [0.25, 0.3) is 0 Å². The Labute approximate surface area is 275 Å². The van der Waals surface area contributed by atoms with Crippen molar-refractivity contribution in [1.82, 2.24) is 5.32 Å². The summed E-state index contributed by atoms with van der Waals surface area (Å²) in [7, 11) is 4.17. The summed E-state index contributed by atoms with van der Waals surface area (Å²) in [6.45, 7) is 0.583. The van der Waals surface area contributed by atoms with Crippen LogP contribution in [0.15, 0.2) is 18.2 Å². The number of nitriles is 1. The lowest BCUT2D eigenvalue weighted by Crippen LogP contribution is -2.58. The van der Waals surface area contributed by atoms with Crippen molar-refractivity contribution >= 4 is 17.3 Å². The highest BCUT2D eigenvalue weighted by atomic mass is 16.7. The van der Waals surface area contributed by atoms with E-state index in [4.69, 9.17) is 23.7 Å². The highest BCUT2D eigenvalue weighted by molar-refractivity contribution is 6.31. The highest BCUT2D eigenvalue weighted by Gasteiger charge is 2.50. The molecule has 0 aromatic heterocycles. The quantitative estimate of drug-likeness (QED) is 0.149. The second-order valence-electron chi connectivity index (χ2n) is 12.1. The Hall–Kier alpha value is -3.98. The Morgan fingerprint density at radius 1 is 1.15 bits per heavy atom. The van der Waals surface area contributed by atoms with Gasteiger partial charge in [0.25, 0.3) is 0 Å². The van der Waals surface area contributed by atoms with Gasteiger partial charge in [0.1, 0.15) is 41.6 Å².